The Morgan fingerprint density at radius 2 is 1.54 bits per heavy atom. The van der Waals surface area contributed by atoms with Crippen LogP contribution in [0.25, 0.3) is 27.7 Å². The molecule has 118 valence electrons. The SMILES string of the molecule is Cc1c(C)n(-c2cccc(-c3ccccc3O)c2)c2ccccc12. The Morgan fingerprint density at radius 1 is 0.792 bits per heavy atom. The Kier molecular flexibility index (Phi) is 3.39. The first-order valence-electron chi connectivity index (χ1n) is 8.12. The molecule has 2 nitrogen and oxygen atoms in total. The minimum atomic E-state index is 0.305. The lowest BCUT2D eigenvalue weighted by Gasteiger charge is -2.11. The summed E-state index contributed by atoms with van der Waals surface area (Å²) in [6.07, 6.45) is 0. The molecule has 0 unspecified atom stereocenters. The molecule has 0 spiro atoms. The molecule has 0 atom stereocenters. The van der Waals surface area contributed by atoms with Crippen molar-refractivity contribution in [2.75, 3.05) is 0 Å². The number of fused-ring (bicyclic) bond motifs is 1. The van der Waals surface area contributed by atoms with E-state index in [1.165, 1.54) is 22.2 Å². The van der Waals surface area contributed by atoms with Crippen molar-refractivity contribution in [3.63, 3.8) is 0 Å². The molecular weight excluding hydrogens is 294 g/mol. The molecule has 0 aliphatic heterocycles. The van der Waals surface area contributed by atoms with Crippen LogP contribution < -0.4 is 0 Å². The minimum absolute atomic E-state index is 0.305. The number of aromatic nitrogens is 1. The number of phenolic OH excluding ortho intramolecular Hbond substituents is 1. The Balaban J connectivity index is 1.95. The third-order valence-corrected chi connectivity index (χ3v) is 4.75. The van der Waals surface area contributed by atoms with Gasteiger partial charge in [0.2, 0.25) is 0 Å². The van der Waals surface area contributed by atoms with Crippen LogP contribution in [-0.4, -0.2) is 9.67 Å². The van der Waals surface area contributed by atoms with E-state index in [0.717, 1.165) is 16.8 Å². The highest BCUT2D eigenvalue weighted by Gasteiger charge is 2.12. The molecule has 0 aliphatic carbocycles. The van der Waals surface area contributed by atoms with E-state index in [9.17, 15) is 5.11 Å². The molecule has 2 heteroatoms. The van der Waals surface area contributed by atoms with Crippen molar-refractivity contribution < 1.29 is 5.11 Å². The molecule has 3 aromatic carbocycles. The van der Waals surface area contributed by atoms with Crippen LogP contribution in [-0.2, 0) is 0 Å². The second kappa shape index (κ2) is 5.57. The van der Waals surface area contributed by atoms with Crippen LogP contribution in [0.3, 0.4) is 0 Å². The second-order valence-corrected chi connectivity index (χ2v) is 6.13. The number of aryl methyl sites for hydroxylation is 1. The highest BCUT2D eigenvalue weighted by molar-refractivity contribution is 5.87. The molecule has 24 heavy (non-hydrogen) atoms. The lowest BCUT2D eigenvalue weighted by molar-refractivity contribution is 0.477. The monoisotopic (exact) mass is 313 g/mol. The highest BCUT2D eigenvalue weighted by Crippen LogP contribution is 2.33. The third kappa shape index (κ3) is 2.19. The van der Waals surface area contributed by atoms with Gasteiger partial charge in [0.25, 0.3) is 0 Å². The Bertz CT molecular complexity index is 1040. The zero-order valence-electron chi connectivity index (χ0n) is 13.8. The first-order valence-corrected chi connectivity index (χ1v) is 8.12. The van der Waals surface area contributed by atoms with Crippen LogP contribution in [0, 0.1) is 13.8 Å². The number of hydrogen-bond donors (Lipinski definition) is 1. The molecule has 0 aliphatic rings. The van der Waals surface area contributed by atoms with Gasteiger partial charge in [0.1, 0.15) is 5.75 Å². The topological polar surface area (TPSA) is 25.2 Å². The summed E-state index contributed by atoms with van der Waals surface area (Å²) in [5.74, 6) is 0.305. The smallest absolute Gasteiger partial charge is 0.123 e. The van der Waals surface area contributed by atoms with Gasteiger partial charge >= 0.3 is 0 Å². The maximum atomic E-state index is 10.1. The standard InChI is InChI=1S/C22H19NO/c1-15-16(2)23(21-12-5-3-10-19(15)21)18-9-7-8-17(14-18)20-11-4-6-13-22(20)24/h3-14,24H,1-2H3. The molecular formula is C22H19NO. The quantitative estimate of drug-likeness (QED) is 0.510. The maximum Gasteiger partial charge on any atom is 0.123 e. The predicted molar refractivity (Wildman–Crippen MR) is 99.8 cm³/mol. The molecule has 4 aromatic rings. The van der Waals surface area contributed by atoms with Gasteiger partial charge < -0.3 is 9.67 Å². The zero-order chi connectivity index (χ0) is 16.7. The van der Waals surface area contributed by atoms with Crippen LogP contribution in [0.15, 0.2) is 72.8 Å². The fourth-order valence-electron chi connectivity index (χ4n) is 3.39. The fourth-order valence-corrected chi connectivity index (χ4v) is 3.39. The van der Waals surface area contributed by atoms with Crippen molar-refractivity contribution in [1.29, 1.82) is 0 Å². The van der Waals surface area contributed by atoms with E-state index in [2.05, 4.69) is 54.8 Å². The summed E-state index contributed by atoms with van der Waals surface area (Å²) in [6, 6.07) is 24.3. The van der Waals surface area contributed by atoms with Crippen molar-refractivity contribution >= 4 is 10.9 Å². The zero-order valence-corrected chi connectivity index (χ0v) is 13.8. The van der Waals surface area contributed by atoms with Gasteiger partial charge in [-0.2, -0.15) is 0 Å². The van der Waals surface area contributed by atoms with E-state index in [1.807, 2.05) is 30.3 Å². The van der Waals surface area contributed by atoms with E-state index in [1.54, 1.807) is 6.07 Å². The maximum absolute atomic E-state index is 10.1. The number of aromatic hydroxyl groups is 1. The molecule has 4 rings (SSSR count). The Labute approximate surface area is 141 Å². The molecule has 1 heterocycles. The van der Waals surface area contributed by atoms with Gasteiger partial charge in [0.15, 0.2) is 0 Å². The first kappa shape index (κ1) is 14.6. The first-order chi connectivity index (χ1) is 11.7. The number of rotatable bonds is 2. The average Bonchev–Trinajstić information content (AvgIpc) is 2.87. The van der Waals surface area contributed by atoms with Crippen molar-refractivity contribution in [2.45, 2.75) is 13.8 Å². The number of benzene rings is 3. The van der Waals surface area contributed by atoms with Gasteiger partial charge in [0, 0.05) is 22.3 Å². The summed E-state index contributed by atoms with van der Waals surface area (Å²) in [5, 5.41) is 11.4. The summed E-state index contributed by atoms with van der Waals surface area (Å²) < 4.78 is 2.29. The van der Waals surface area contributed by atoms with E-state index in [4.69, 9.17) is 0 Å². The number of phenols is 1. The van der Waals surface area contributed by atoms with Crippen LogP contribution in [0.5, 0.6) is 5.75 Å². The lowest BCUT2D eigenvalue weighted by atomic mass is 10.0. The molecule has 1 aromatic heterocycles. The average molecular weight is 313 g/mol. The number of nitrogens with zero attached hydrogens (tertiary/aromatic N) is 1. The molecule has 0 bridgehead atoms. The van der Waals surface area contributed by atoms with E-state index >= 15 is 0 Å². The van der Waals surface area contributed by atoms with Gasteiger partial charge in [-0.1, -0.05) is 48.5 Å². The van der Waals surface area contributed by atoms with Gasteiger partial charge in [-0.05, 0) is 49.2 Å². The molecule has 0 radical (unpaired) electrons. The van der Waals surface area contributed by atoms with Crippen molar-refractivity contribution in [3.8, 4) is 22.6 Å². The molecule has 0 saturated heterocycles. The van der Waals surface area contributed by atoms with Crippen molar-refractivity contribution in [1.82, 2.24) is 4.57 Å². The van der Waals surface area contributed by atoms with E-state index in [0.29, 0.717) is 5.75 Å². The van der Waals surface area contributed by atoms with Gasteiger partial charge in [0.05, 0.1) is 5.52 Å². The largest absolute Gasteiger partial charge is 0.507 e. The normalized spacial score (nSPS) is 11.1. The van der Waals surface area contributed by atoms with Crippen LogP contribution in [0.1, 0.15) is 11.3 Å². The van der Waals surface area contributed by atoms with E-state index < -0.39 is 0 Å². The summed E-state index contributed by atoms with van der Waals surface area (Å²) in [4.78, 5) is 0. The highest BCUT2D eigenvalue weighted by atomic mass is 16.3. The van der Waals surface area contributed by atoms with Crippen LogP contribution in [0.4, 0.5) is 0 Å². The molecule has 1 N–H and O–H groups in total. The molecule has 0 fully saturated rings. The number of hydrogen-bond acceptors (Lipinski definition) is 1. The number of para-hydroxylation sites is 2. The summed E-state index contributed by atoms with van der Waals surface area (Å²) in [6.45, 7) is 4.32. The summed E-state index contributed by atoms with van der Waals surface area (Å²) >= 11 is 0. The van der Waals surface area contributed by atoms with Crippen LogP contribution >= 0.6 is 0 Å². The minimum Gasteiger partial charge on any atom is -0.507 e. The molecule has 0 saturated carbocycles. The Morgan fingerprint density at radius 3 is 2.38 bits per heavy atom. The van der Waals surface area contributed by atoms with Gasteiger partial charge in [-0.15, -0.1) is 0 Å². The van der Waals surface area contributed by atoms with Crippen LogP contribution in [0.2, 0.25) is 0 Å². The van der Waals surface area contributed by atoms with E-state index in [-0.39, 0.29) is 0 Å². The van der Waals surface area contributed by atoms with Crippen molar-refractivity contribution in [2.24, 2.45) is 0 Å². The lowest BCUT2D eigenvalue weighted by Crippen LogP contribution is -1.97. The predicted octanol–water partition coefficient (Wildman–Crippen LogP) is 5.62. The third-order valence-electron chi connectivity index (χ3n) is 4.75. The van der Waals surface area contributed by atoms with Crippen molar-refractivity contribution in [3.05, 3.63) is 84.1 Å². The summed E-state index contributed by atoms with van der Waals surface area (Å²) in [5.41, 5.74) is 6.73. The van der Waals surface area contributed by atoms with Gasteiger partial charge in [-0.3, -0.25) is 0 Å². The Hall–Kier alpha value is -3.00. The summed E-state index contributed by atoms with van der Waals surface area (Å²) in [7, 11) is 0. The molecule has 0 amide bonds. The second-order valence-electron chi connectivity index (χ2n) is 6.13. The van der Waals surface area contributed by atoms with Gasteiger partial charge in [-0.25, -0.2) is 0 Å². The fraction of sp³-hybridized carbons (Fsp3) is 0.0909.